The third kappa shape index (κ3) is 3.68. The summed E-state index contributed by atoms with van der Waals surface area (Å²) in [5.41, 5.74) is 1.79. The van der Waals surface area contributed by atoms with Crippen LogP contribution < -0.4 is 4.90 Å². The molecular formula is C20H23FN6O2S. The largest absolute Gasteiger partial charge is 0.347 e. The summed E-state index contributed by atoms with van der Waals surface area (Å²) in [6, 6.07) is 5.67. The van der Waals surface area contributed by atoms with E-state index in [4.69, 9.17) is 0 Å². The van der Waals surface area contributed by atoms with Crippen molar-refractivity contribution in [2.45, 2.75) is 23.9 Å². The standard InChI is InChI=1S/C20H23FN6O2S/c1-25(2)20-22-11-16(14-6-4-7-15(21)10-14)19(24-20)17-8-5-9-27(17)30(28,29)18-12-26(3)13-23-18/h4,6-7,10-13,17H,5,8-9H2,1-3H3/t17-/m0/s1. The fourth-order valence-corrected chi connectivity index (χ4v) is 5.31. The maximum atomic E-state index is 13.9. The number of halogens is 1. The molecule has 3 aromatic rings. The van der Waals surface area contributed by atoms with E-state index in [9.17, 15) is 12.8 Å². The van der Waals surface area contributed by atoms with Crippen LogP contribution in [-0.2, 0) is 17.1 Å². The number of sulfonamides is 1. The van der Waals surface area contributed by atoms with Crippen molar-refractivity contribution in [1.29, 1.82) is 0 Å². The lowest BCUT2D eigenvalue weighted by molar-refractivity contribution is 0.389. The van der Waals surface area contributed by atoms with Crippen LogP contribution in [0.15, 0.2) is 48.0 Å². The van der Waals surface area contributed by atoms with Gasteiger partial charge >= 0.3 is 0 Å². The summed E-state index contributed by atoms with van der Waals surface area (Å²) < 4.78 is 43.5. The summed E-state index contributed by atoms with van der Waals surface area (Å²) in [7, 11) is 1.56. The van der Waals surface area contributed by atoms with Gasteiger partial charge in [0.25, 0.3) is 10.0 Å². The second kappa shape index (κ2) is 7.77. The first kappa shape index (κ1) is 20.4. The molecule has 1 aliphatic heterocycles. The number of hydrogen-bond donors (Lipinski definition) is 0. The first-order valence-corrected chi connectivity index (χ1v) is 11.0. The Bertz CT molecular complexity index is 1180. The molecule has 1 fully saturated rings. The first-order chi connectivity index (χ1) is 14.3. The summed E-state index contributed by atoms with van der Waals surface area (Å²) in [5.74, 6) is 0.0896. The van der Waals surface area contributed by atoms with Crippen molar-refractivity contribution in [1.82, 2.24) is 23.8 Å². The molecule has 3 heterocycles. The fourth-order valence-electron chi connectivity index (χ4n) is 3.68. The number of aromatic nitrogens is 4. The Labute approximate surface area is 175 Å². The van der Waals surface area contributed by atoms with Gasteiger partial charge in [0.1, 0.15) is 5.82 Å². The van der Waals surface area contributed by atoms with E-state index >= 15 is 0 Å². The summed E-state index contributed by atoms with van der Waals surface area (Å²) in [6.45, 7) is 0.369. The second-order valence-electron chi connectivity index (χ2n) is 7.52. The van der Waals surface area contributed by atoms with E-state index in [1.54, 1.807) is 34.8 Å². The minimum atomic E-state index is -3.80. The molecule has 0 bridgehead atoms. The zero-order valence-electron chi connectivity index (χ0n) is 17.0. The Hall–Kier alpha value is -2.85. The number of benzene rings is 1. The third-order valence-electron chi connectivity index (χ3n) is 5.11. The molecule has 0 spiro atoms. The lowest BCUT2D eigenvalue weighted by Crippen LogP contribution is -2.32. The predicted octanol–water partition coefficient (Wildman–Crippen LogP) is 2.61. The van der Waals surface area contributed by atoms with Crippen molar-refractivity contribution >= 4 is 16.0 Å². The van der Waals surface area contributed by atoms with E-state index < -0.39 is 16.1 Å². The second-order valence-corrected chi connectivity index (χ2v) is 9.36. The number of aryl methyl sites for hydroxylation is 1. The predicted molar refractivity (Wildman–Crippen MR) is 111 cm³/mol. The highest BCUT2D eigenvalue weighted by molar-refractivity contribution is 7.89. The highest BCUT2D eigenvalue weighted by Gasteiger charge is 2.39. The fraction of sp³-hybridized carbons (Fsp3) is 0.350. The van der Waals surface area contributed by atoms with E-state index in [0.717, 1.165) is 0 Å². The van der Waals surface area contributed by atoms with Crippen LogP contribution in [0.3, 0.4) is 0 Å². The maximum absolute atomic E-state index is 13.9. The van der Waals surface area contributed by atoms with Crippen LogP contribution >= 0.6 is 0 Å². The van der Waals surface area contributed by atoms with Crippen LogP contribution in [0.2, 0.25) is 0 Å². The van der Waals surface area contributed by atoms with Crippen molar-refractivity contribution in [2.75, 3.05) is 25.5 Å². The van der Waals surface area contributed by atoms with E-state index in [-0.39, 0.29) is 10.8 Å². The number of anilines is 1. The quantitative estimate of drug-likeness (QED) is 0.619. The summed E-state index contributed by atoms with van der Waals surface area (Å²) in [4.78, 5) is 14.9. The van der Waals surface area contributed by atoms with E-state index in [1.165, 1.54) is 29.0 Å². The summed E-state index contributed by atoms with van der Waals surface area (Å²) >= 11 is 0. The van der Waals surface area contributed by atoms with Gasteiger partial charge in [-0.05, 0) is 30.5 Å². The van der Waals surface area contributed by atoms with Crippen LogP contribution in [-0.4, -0.2) is 52.9 Å². The molecule has 1 atom stereocenters. The van der Waals surface area contributed by atoms with Gasteiger partial charge in [-0.1, -0.05) is 12.1 Å². The number of imidazole rings is 1. The van der Waals surface area contributed by atoms with Crippen LogP contribution in [0.1, 0.15) is 24.6 Å². The van der Waals surface area contributed by atoms with Gasteiger partial charge in [0.05, 0.1) is 18.1 Å². The van der Waals surface area contributed by atoms with Crippen LogP contribution in [0.4, 0.5) is 10.3 Å². The lowest BCUT2D eigenvalue weighted by Gasteiger charge is -2.25. The van der Waals surface area contributed by atoms with Gasteiger partial charge in [0.2, 0.25) is 5.95 Å². The van der Waals surface area contributed by atoms with Gasteiger partial charge in [0, 0.05) is 45.6 Å². The molecule has 0 N–H and O–H groups in total. The van der Waals surface area contributed by atoms with Gasteiger partial charge in [-0.2, -0.15) is 4.31 Å². The molecule has 2 aromatic heterocycles. The van der Waals surface area contributed by atoms with Gasteiger partial charge in [-0.25, -0.2) is 27.8 Å². The van der Waals surface area contributed by atoms with Crippen molar-refractivity contribution in [3.8, 4) is 11.1 Å². The summed E-state index contributed by atoms with van der Waals surface area (Å²) in [6.07, 6.45) is 5.89. The van der Waals surface area contributed by atoms with Crippen molar-refractivity contribution < 1.29 is 12.8 Å². The van der Waals surface area contributed by atoms with Crippen molar-refractivity contribution in [3.05, 3.63) is 54.5 Å². The minimum absolute atomic E-state index is 0.00564. The first-order valence-electron chi connectivity index (χ1n) is 9.57. The zero-order chi connectivity index (χ0) is 21.5. The van der Waals surface area contributed by atoms with Crippen LogP contribution in [0, 0.1) is 5.82 Å². The molecular weight excluding hydrogens is 407 g/mol. The highest BCUT2D eigenvalue weighted by Crippen LogP contribution is 2.40. The normalized spacial score (nSPS) is 17.4. The van der Waals surface area contributed by atoms with Crippen molar-refractivity contribution in [2.24, 2.45) is 7.05 Å². The molecule has 0 amide bonds. The molecule has 4 rings (SSSR count). The molecule has 1 saturated heterocycles. The third-order valence-corrected chi connectivity index (χ3v) is 6.91. The van der Waals surface area contributed by atoms with Gasteiger partial charge in [-0.3, -0.25) is 0 Å². The van der Waals surface area contributed by atoms with Gasteiger partial charge < -0.3 is 9.47 Å². The molecule has 0 unspecified atom stereocenters. The molecule has 30 heavy (non-hydrogen) atoms. The highest BCUT2D eigenvalue weighted by atomic mass is 32.2. The molecule has 0 saturated carbocycles. The Morgan fingerprint density at radius 3 is 2.70 bits per heavy atom. The molecule has 1 aromatic carbocycles. The summed E-state index contributed by atoms with van der Waals surface area (Å²) in [5, 5.41) is 0.00564. The maximum Gasteiger partial charge on any atom is 0.262 e. The SMILES string of the molecule is CN(C)c1ncc(-c2cccc(F)c2)c([C@@H]2CCCN2S(=O)(=O)c2cn(C)cn2)n1. The number of rotatable bonds is 5. The smallest absolute Gasteiger partial charge is 0.262 e. The van der Waals surface area contributed by atoms with Crippen LogP contribution in [0.25, 0.3) is 11.1 Å². The molecule has 158 valence electrons. The minimum Gasteiger partial charge on any atom is -0.347 e. The number of hydrogen-bond acceptors (Lipinski definition) is 6. The number of nitrogens with zero attached hydrogens (tertiary/aromatic N) is 6. The molecule has 0 radical (unpaired) electrons. The zero-order valence-corrected chi connectivity index (χ0v) is 17.8. The van der Waals surface area contributed by atoms with Gasteiger partial charge in [-0.15, -0.1) is 0 Å². The Morgan fingerprint density at radius 2 is 2.03 bits per heavy atom. The van der Waals surface area contributed by atoms with Crippen LogP contribution in [0.5, 0.6) is 0 Å². The topological polar surface area (TPSA) is 84.2 Å². The molecule has 1 aliphatic rings. The van der Waals surface area contributed by atoms with E-state index in [1.807, 2.05) is 14.1 Å². The Balaban J connectivity index is 1.84. The molecule has 10 heteroatoms. The van der Waals surface area contributed by atoms with Crippen molar-refractivity contribution in [3.63, 3.8) is 0 Å². The van der Waals surface area contributed by atoms with E-state index in [2.05, 4.69) is 15.0 Å². The molecule has 8 nitrogen and oxygen atoms in total. The average Bonchev–Trinajstić information content (AvgIpc) is 3.37. The Kier molecular flexibility index (Phi) is 5.29. The van der Waals surface area contributed by atoms with Gasteiger partial charge in [0.15, 0.2) is 5.03 Å². The monoisotopic (exact) mass is 430 g/mol. The average molecular weight is 431 g/mol. The van der Waals surface area contributed by atoms with E-state index in [0.29, 0.717) is 42.2 Å². The lowest BCUT2D eigenvalue weighted by atomic mass is 10.0. The molecule has 0 aliphatic carbocycles. The Morgan fingerprint density at radius 1 is 1.23 bits per heavy atom.